The third kappa shape index (κ3) is 4.46. The molecule has 0 bridgehead atoms. The van der Waals surface area contributed by atoms with E-state index < -0.39 is 10.0 Å². The Morgan fingerprint density at radius 3 is 2.55 bits per heavy atom. The van der Waals surface area contributed by atoms with Gasteiger partial charge in [0.15, 0.2) is 0 Å². The van der Waals surface area contributed by atoms with E-state index in [1.165, 1.54) is 18.2 Å². The Hall–Kier alpha value is -1.13. The molecule has 0 aliphatic carbocycles. The van der Waals surface area contributed by atoms with Crippen molar-refractivity contribution in [2.45, 2.75) is 18.7 Å². The van der Waals surface area contributed by atoms with Crippen molar-refractivity contribution in [3.63, 3.8) is 0 Å². The fourth-order valence-corrected chi connectivity index (χ4v) is 3.28. The van der Waals surface area contributed by atoms with Gasteiger partial charge in [0.05, 0.1) is 16.7 Å². The fraction of sp³-hybridized carbons (Fsp3) is 0.462. The summed E-state index contributed by atoms with van der Waals surface area (Å²) in [6.45, 7) is 6.70. The number of nitrogens with one attached hydrogen (secondary N) is 1. The zero-order valence-electron chi connectivity index (χ0n) is 11.6. The van der Waals surface area contributed by atoms with Crippen molar-refractivity contribution in [3.8, 4) is 6.07 Å². The Labute approximate surface area is 125 Å². The maximum Gasteiger partial charge on any atom is 0.242 e. The van der Waals surface area contributed by atoms with Crippen LogP contribution in [0.3, 0.4) is 0 Å². The SMILES string of the molecule is CCN(CC)CCNS(=O)(=O)c1cc(C#N)ccc1Cl. The highest BCUT2D eigenvalue weighted by molar-refractivity contribution is 7.89. The first kappa shape index (κ1) is 16.9. The predicted octanol–water partition coefficient (Wildman–Crippen LogP) is 1.83. The number of sulfonamides is 1. The van der Waals surface area contributed by atoms with Gasteiger partial charge in [-0.1, -0.05) is 25.4 Å². The summed E-state index contributed by atoms with van der Waals surface area (Å²) >= 11 is 5.89. The van der Waals surface area contributed by atoms with Crippen molar-refractivity contribution in [1.82, 2.24) is 9.62 Å². The largest absolute Gasteiger partial charge is 0.303 e. The Morgan fingerprint density at radius 1 is 1.35 bits per heavy atom. The Balaban J connectivity index is 2.82. The van der Waals surface area contributed by atoms with E-state index >= 15 is 0 Å². The first-order valence-electron chi connectivity index (χ1n) is 6.36. The van der Waals surface area contributed by atoms with E-state index in [2.05, 4.69) is 9.62 Å². The van der Waals surface area contributed by atoms with Gasteiger partial charge in [0.25, 0.3) is 0 Å². The van der Waals surface area contributed by atoms with Crippen LogP contribution in [0.5, 0.6) is 0 Å². The number of rotatable bonds is 7. The number of benzene rings is 1. The molecule has 0 fully saturated rings. The molecule has 5 nitrogen and oxygen atoms in total. The second-order valence-corrected chi connectivity index (χ2v) is 6.32. The molecule has 0 unspecified atom stereocenters. The van der Waals surface area contributed by atoms with Gasteiger partial charge in [-0.25, -0.2) is 13.1 Å². The van der Waals surface area contributed by atoms with E-state index in [-0.39, 0.29) is 15.5 Å². The summed E-state index contributed by atoms with van der Waals surface area (Å²) in [5.41, 5.74) is 0.263. The first-order chi connectivity index (χ1) is 9.44. The van der Waals surface area contributed by atoms with Gasteiger partial charge in [-0.05, 0) is 31.3 Å². The van der Waals surface area contributed by atoms with Crippen molar-refractivity contribution in [3.05, 3.63) is 28.8 Å². The fourth-order valence-electron chi connectivity index (χ4n) is 1.73. The predicted molar refractivity (Wildman–Crippen MR) is 79.1 cm³/mol. The van der Waals surface area contributed by atoms with Gasteiger partial charge < -0.3 is 4.90 Å². The van der Waals surface area contributed by atoms with E-state index in [1.54, 1.807) is 0 Å². The zero-order valence-corrected chi connectivity index (χ0v) is 13.1. The smallest absolute Gasteiger partial charge is 0.242 e. The lowest BCUT2D eigenvalue weighted by Crippen LogP contribution is -2.34. The molecule has 1 N–H and O–H groups in total. The number of likely N-dealkylation sites (N-methyl/N-ethyl adjacent to an activating group) is 1. The number of halogens is 1. The maximum atomic E-state index is 12.2. The van der Waals surface area contributed by atoms with Gasteiger partial charge in [-0.3, -0.25) is 0 Å². The van der Waals surface area contributed by atoms with Gasteiger partial charge in [-0.2, -0.15) is 5.26 Å². The second-order valence-electron chi connectivity index (χ2n) is 4.18. The lowest BCUT2D eigenvalue weighted by molar-refractivity contribution is 0.309. The second kappa shape index (κ2) is 7.60. The number of hydrogen-bond donors (Lipinski definition) is 1. The molecule has 1 aromatic carbocycles. The first-order valence-corrected chi connectivity index (χ1v) is 8.22. The molecule has 0 aliphatic heterocycles. The normalized spacial score (nSPS) is 11.6. The van der Waals surface area contributed by atoms with Crippen LogP contribution in [-0.4, -0.2) is 39.5 Å². The Bertz CT molecular complexity index is 592. The summed E-state index contributed by atoms with van der Waals surface area (Å²) in [5, 5.41) is 8.93. The van der Waals surface area contributed by atoms with E-state index in [0.29, 0.717) is 13.1 Å². The molecule has 0 radical (unpaired) electrons. The molecule has 0 heterocycles. The molecular formula is C13H18ClN3O2S. The zero-order chi connectivity index (χ0) is 15.2. The molecule has 110 valence electrons. The Kier molecular flexibility index (Phi) is 6.43. The summed E-state index contributed by atoms with van der Waals surface area (Å²) in [4.78, 5) is 2.05. The van der Waals surface area contributed by atoms with Gasteiger partial charge in [0, 0.05) is 13.1 Å². The Morgan fingerprint density at radius 2 is 2.00 bits per heavy atom. The molecule has 0 atom stereocenters. The highest BCUT2D eigenvalue weighted by Gasteiger charge is 2.18. The van der Waals surface area contributed by atoms with Gasteiger partial charge in [0.1, 0.15) is 4.90 Å². The molecule has 0 amide bonds. The van der Waals surface area contributed by atoms with Crippen molar-refractivity contribution in [1.29, 1.82) is 5.26 Å². The van der Waals surface area contributed by atoms with Crippen molar-refractivity contribution in [2.24, 2.45) is 0 Å². The molecule has 1 rings (SSSR count). The van der Waals surface area contributed by atoms with Gasteiger partial charge in [0.2, 0.25) is 10.0 Å². The maximum absolute atomic E-state index is 12.2. The summed E-state index contributed by atoms with van der Waals surface area (Å²) in [7, 11) is -3.70. The highest BCUT2D eigenvalue weighted by Crippen LogP contribution is 2.22. The van der Waals surface area contributed by atoms with Crippen LogP contribution in [0, 0.1) is 11.3 Å². The lowest BCUT2D eigenvalue weighted by Gasteiger charge is -2.18. The molecule has 0 aliphatic rings. The molecule has 0 aromatic heterocycles. The average Bonchev–Trinajstić information content (AvgIpc) is 2.44. The van der Waals surface area contributed by atoms with Crippen LogP contribution in [0.15, 0.2) is 23.1 Å². The van der Waals surface area contributed by atoms with Crippen molar-refractivity contribution in [2.75, 3.05) is 26.2 Å². The summed E-state index contributed by atoms with van der Waals surface area (Å²) in [6, 6.07) is 6.08. The van der Waals surface area contributed by atoms with Crippen LogP contribution < -0.4 is 4.72 Å². The van der Waals surface area contributed by atoms with E-state index in [0.717, 1.165) is 13.1 Å². The average molecular weight is 316 g/mol. The third-order valence-corrected chi connectivity index (χ3v) is 4.91. The summed E-state index contributed by atoms with van der Waals surface area (Å²) < 4.78 is 26.8. The molecular weight excluding hydrogens is 298 g/mol. The summed E-state index contributed by atoms with van der Waals surface area (Å²) in [6.07, 6.45) is 0. The van der Waals surface area contributed by atoms with Crippen molar-refractivity contribution >= 4 is 21.6 Å². The quantitative estimate of drug-likeness (QED) is 0.833. The number of hydrogen-bond acceptors (Lipinski definition) is 4. The van der Waals surface area contributed by atoms with Crippen molar-refractivity contribution < 1.29 is 8.42 Å². The summed E-state index contributed by atoms with van der Waals surface area (Å²) in [5.74, 6) is 0. The molecule has 1 aromatic rings. The number of nitrogens with zero attached hydrogens (tertiary/aromatic N) is 2. The number of nitriles is 1. The minimum absolute atomic E-state index is 0.0576. The van der Waals surface area contributed by atoms with E-state index in [9.17, 15) is 8.42 Å². The van der Waals surface area contributed by atoms with E-state index in [1.807, 2.05) is 19.9 Å². The van der Waals surface area contributed by atoms with Crippen LogP contribution in [0.25, 0.3) is 0 Å². The molecule has 20 heavy (non-hydrogen) atoms. The third-order valence-electron chi connectivity index (χ3n) is 2.96. The van der Waals surface area contributed by atoms with E-state index in [4.69, 9.17) is 16.9 Å². The monoisotopic (exact) mass is 315 g/mol. The van der Waals surface area contributed by atoms with Crippen LogP contribution in [-0.2, 0) is 10.0 Å². The topological polar surface area (TPSA) is 73.2 Å². The molecule has 0 saturated heterocycles. The highest BCUT2D eigenvalue weighted by atomic mass is 35.5. The minimum Gasteiger partial charge on any atom is -0.303 e. The molecule has 7 heteroatoms. The van der Waals surface area contributed by atoms with Crippen LogP contribution in [0.4, 0.5) is 0 Å². The van der Waals surface area contributed by atoms with Crippen LogP contribution >= 0.6 is 11.6 Å². The lowest BCUT2D eigenvalue weighted by atomic mass is 10.2. The van der Waals surface area contributed by atoms with Gasteiger partial charge in [-0.15, -0.1) is 0 Å². The standard InChI is InChI=1S/C13H18ClN3O2S/c1-3-17(4-2)8-7-16-20(18,19)13-9-11(10-15)5-6-12(13)14/h5-6,9,16H,3-4,7-8H2,1-2H3. The molecule has 0 saturated carbocycles. The molecule has 0 spiro atoms. The van der Waals surface area contributed by atoms with Crippen LogP contribution in [0.2, 0.25) is 5.02 Å². The van der Waals surface area contributed by atoms with Gasteiger partial charge >= 0.3 is 0 Å². The van der Waals surface area contributed by atoms with Crippen LogP contribution in [0.1, 0.15) is 19.4 Å². The minimum atomic E-state index is -3.70.